The summed E-state index contributed by atoms with van der Waals surface area (Å²) in [5.74, 6) is 0. The van der Waals surface area contributed by atoms with E-state index < -0.39 is 24.9 Å². The Balaban J connectivity index is 4.25. The lowest BCUT2D eigenvalue weighted by molar-refractivity contribution is 1.22. The van der Waals surface area contributed by atoms with E-state index in [4.69, 9.17) is 22.7 Å². The highest BCUT2D eigenvalue weighted by Gasteiger charge is 2.31. The molecule has 0 aromatic rings. The zero-order valence-corrected chi connectivity index (χ0v) is 13.8. The summed E-state index contributed by atoms with van der Waals surface area (Å²) in [6.07, 6.45) is 0. The first-order chi connectivity index (χ1) is 6.20. The molecule has 1 radical (unpaired) electrons. The lowest BCUT2D eigenvalue weighted by atomic mass is 11.3. The van der Waals surface area contributed by atoms with Crippen LogP contribution in [0.15, 0.2) is 12.3 Å². The highest BCUT2D eigenvalue weighted by atomic mass is 35.6. The molecule has 0 unspecified atom stereocenters. The van der Waals surface area contributed by atoms with Gasteiger partial charge in [-0.05, 0) is 26.2 Å². The van der Waals surface area contributed by atoms with Crippen LogP contribution in [0.4, 0.5) is 0 Å². The van der Waals surface area contributed by atoms with Gasteiger partial charge in [-0.25, -0.2) is 0 Å². The van der Waals surface area contributed by atoms with Crippen LogP contribution in [0, 0.1) is 0 Å². The molecular formula is C7H19Cl2N2Si3. The zero-order valence-electron chi connectivity index (χ0n) is 9.25. The van der Waals surface area contributed by atoms with Crippen molar-refractivity contribution in [3.8, 4) is 0 Å². The molecule has 0 aliphatic heterocycles. The molecule has 0 aliphatic carbocycles. The Labute approximate surface area is 101 Å². The van der Waals surface area contributed by atoms with Gasteiger partial charge in [-0.1, -0.05) is 5.70 Å². The first-order valence-electron chi connectivity index (χ1n) is 4.51. The summed E-state index contributed by atoms with van der Waals surface area (Å²) in [6, 6.07) is 0. The fourth-order valence-corrected chi connectivity index (χ4v) is 15.1. The number of hydrogen-bond donors (Lipinski definition) is 2. The molecule has 7 heteroatoms. The third kappa shape index (κ3) is 7.22. The molecule has 2 nitrogen and oxygen atoms in total. The van der Waals surface area contributed by atoms with Gasteiger partial charge in [0.05, 0.1) is 0 Å². The molecule has 83 valence electrons. The van der Waals surface area contributed by atoms with Crippen molar-refractivity contribution in [3.05, 3.63) is 12.3 Å². The van der Waals surface area contributed by atoms with Gasteiger partial charge in [-0.2, -0.15) is 0 Å². The summed E-state index contributed by atoms with van der Waals surface area (Å²) < 4.78 is 7.12. The summed E-state index contributed by atoms with van der Waals surface area (Å²) >= 11 is 12.1. The monoisotopic (exact) mass is 285 g/mol. The Morgan fingerprint density at radius 2 is 1.86 bits per heavy atom. The van der Waals surface area contributed by atoms with E-state index >= 15 is 0 Å². The van der Waals surface area contributed by atoms with Crippen LogP contribution in [0.25, 0.3) is 0 Å². The van der Waals surface area contributed by atoms with Crippen LogP contribution in [-0.2, 0) is 0 Å². The van der Waals surface area contributed by atoms with Crippen molar-refractivity contribution in [2.24, 2.45) is 0 Å². The number of rotatable bonds is 6. The van der Waals surface area contributed by atoms with Crippen LogP contribution in [-0.4, -0.2) is 30.4 Å². The van der Waals surface area contributed by atoms with E-state index in [-0.39, 0.29) is 0 Å². The second-order valence-electron chi connectivity index (χ2n) is 4.21. The van der Waals surface area contributed by atoms with E-state index in [9.17, 15) is 0 Å². The van der Waals surface area contributed by atoms with E-state index in [1.807, 2.05) is 5.70 Å². The summed E-state index contributed by atoms with van der Waals surface area (Å²) in [4.78, 5) is 0. The molecule has 14 heavy (non-hydrogen) atoms. The Bertz CT molecular complexity index is 194. The highest BCUT2D eigenvalue weighted by Crippen LogP contribution is 2.07. The van der Waals surface area contributed by atoms with Gasteiger partial charge >= 0.3 is 0 Å². The van der Waals surface area contributed by atoms with Gasteiger partial charge in [0, 0.05) is 5.50 Å². The molecular weight excluding hydrogens is 267 g/mol. The fourth-order valence-electron chi connectivity index (χ4n) is 1.31. The first-order valence-corrected chi connectivity index (χ1v) is 13.8. The van der Waals surface area contributed by atoms with Crippen molar-refractivity contribution in [2.45, 2.75) is 26.2 Å². The average Bonchev–Trinajstić information content (AvgIpc) is 1.95. The maximum atomic E-state index is 6.26. The zero-order chi connectivity index (χ0) is 11.4. The van der Waals surface area contributed by atoms with Crippen molar-refractivity contribution in [1.29, 1.82) is 0 Å². The summed E-state index contributed by atoms with van der Waals surface area (Å²) in [5.41, 5.74) is 2.59. The molecule has 0 aromatic heterocycles. The molecule has 0 bridgehead atoms. The van der Waals surface area contributed by atoms with E-state index in [2.05, 4.69) is 42.1 Å². The van der Waals surface area contributed by atoms with Crippen LogP contribution < -0.4 is 9.30 Å². The lowest BCUT2D eigenvalue weighted by Crippen LogP contribution is -2.68. The van der Waals surface area contributed by atoms with Gasteiger partial charge in [0.1, 0.15) is 0 Å². The van der Waals surface area contributed by atoms with Crippen LogP contribution in [0.3, 0.4) is 0 Å². The maximum Gasteiger partial charge on any atom is 0.215 e. The van der Waals surface area contributed by atoms with Crippen LogP contribution in [0.1, 0.15) is 0 Å². The van der Waals surface area contributed by atoms with E-state index in [1.54, 1.807) is 0 Å². The molecule has 2 N–H and O–H groups in total. The third-order valence-corrected chi connectivity index (χ3v) is 12.6. The number of alkyl halides is 1. The fraction of sp³-hybridized carbons (Fsp3) is 0.714. The predicted octanol–water partition coefficient (Wildman–Crippen LogP) is 2.30. The maximum absolute atomic E-state index is 6.26. The highest BCUT2D eigenvalue weighted by molar-refractivity contribution is 7.21. The van der Waals surface area contributed by atoms with Gasteiger partial charge in [-0.15, -0.1) is 29.3 Å². The second-order valence-corrected chi connectivity index (χ2v) is 17.8. The average molecular weight is 286 g/mol. The number of nitrogens with one attached hydrogen (secondary N) is 2. The van der Waals surface area contributed by atoms with E-state index in [1.165, 1.54) is 0 Å². The van der Waals surface area contributed by atoms with Crippen LogP contribution >= 0.6 is 22.7 Å². The molecule has 0 amide bonds. The van der Waals surface area contributed by atoms with Crippen LogP contribution in [0.2, 0.25) is 26.2 Å². The lowest BCUT2D eigenvalue weighted by Gasteiger charge is -2.32. The Kier molecular flexibility index (Phi) is 6.21. The summed E-state index contributed by atoms with van der Waals surface area (Å²) in [5, 5.41) is 0. The standard InChI is InChI=1S/C7H19Cl2N2Si3/c1-6-12(7-8)10-14(4,5)11-13(2,3)9/h6,10-11H,1,7H2,2-5H3. The molecule has 0 spiro atoms. The molecule has 0 saturated carbocycles. The normalized spacial score (nSPS) is 13.4. The molecule has 0 fully saturated rings. The quantitative estimate of drug-likeness (QED) is 0.445. The first kappa shape index (κ1) is 14.9. The van der Waals surface area contributed by atoms with E-state index in [0.29, 0.717) is 5.50 Å². The molecule has 0 saturated heterocycles. The van der Waals surface area contributed by atoms with Crippen molar-refractivity contribution in [2.75, 3.05) is 5.50 Å². The number of halogens is 2. The second kappa shape index (κ2) is 5.83. The Morgan fingerprint density at radius 1 is 1.36 bits per heavy atom. The van der Waals surface area contributed by atoms with Crippen molar-refractivity contribution in [3.63, 3.8) is 0 Å². The molecule has 0 atom stereocenters. The third-order valence-electron chi connectivity index (χ3n) is 1.47. The van der Waals surface area contributed by atoms with Crippen molar-refractivity contribution < 1.29 is 0 Å². The minimum absolute atomic E-state index is 0.649. The van der Waals surface area contributed by atoms with Gasteiger partial charge in [0.25, 0.3) is 0 Å². The smallest absolute Gasteiger partial charge is 0.215 e. The Hall–Kier alpha value is 0.891. The topological polar surface area (TPSA) is 24.1 Å². The van der Waals surface area contributed by atoms with Crippen molar-refractivity contribution >= 4 is 47.6 Å². The van der Waals surface area contributed by atoms with Gasteiger partial charge in [0.15, 0.2) is 17.4 Å². The largest absolute Gasteiger partial charge is 0.345 e. The molecule has 0 rings (SSSR count). The van der Waals surface area contributed by atoms with Crippen molar-refractivity contribution in [1.82, 2.24) is 9.30 Å². The summed E-state index contributed by atoms with van der Waals surface area (Å²) in [7, 11) is -4.16. The minimum Gasteiger partial charge on any atom is -0.345 e. The molecule has 0 aliphatic rings. The van der Waals surface area contributed by atoms with Gasteiger partial charge < -0.3 is 9.30 Å². The number of hydrogen-bond acceptors (Lipinski definition) is 2. The Morgan fingerprint density at radius 3 is 2.14 bits per heavy atom. The van der Waals surface area contributed by atoms with E-state index in [0.717, 1.165) is 0 Å². The predicted molar refractivity (Wildman–Crippen MR) is 73.8 cm³/mol. The molecule has 0 heterocycles. The van der Waals surface area contributed by atoms with Gasteiger partial charge in [-0.3, -0.25) is 0 Å². The summed E-state index contributed by atoms with van der Waals surface area (Å²) in [6.45, 7) is 12.4. The minimum atomic E-state index is -1.72. The van der Waals surface area contributed by atoms with Crippen LogP contribution in [0.5, 0.6) is 0 Å². The van der Waals surface area contributed by atoms with Gasteiger partial charge in [0.2, 0.25) is 7.55 Å². The SMILES string of the molecule is C=C[Si](CCl)N[Si](C)(C)N[Si](C)(C)Cl. The molecule has 0 aromatic carbocycles.